The van der Waals surface area contributed by atoms with Crippen molar-refractivity contribution in [3.8, 4) is 0 Å². The number of carbonyl (C=O) groups is 2. The Balaban J connectivity index is 0.00000165. The van der Waals surface area contributed by atoms with Crippen molar-refractivity contribution in [1.29, 1.82) is 0 Å². The Kier molecular flexibility index (Phi) is 9.59. The largest absolute Gasteiger partial charge is 0.456 e. The van der Waals surface area contributed by atoms with Crippen molar-refractivity contribution in [2.75, 3.05) is 0 Å². The van der Waals surface area contributed by atoms with E-state index in [9.17, 15) is 14.7 Å². The van der Waals surface area contributed by atoms with E-state index in [1.54, 1.807) is 38.1 Å². The van der Waals surface area contributed by atoms with E-state index in [1.807, 2.05) is 34.6 Å². The summed E-state index contributed by atoms with van der Waals surface area (Å²) >= 11 is 0. The van der Waals surface area contributed by atoms with E-state index in [0.717, 1.165) is 5.92 Å². The molecule has 1 aromatic carbocycles. The third-order valence-electron chi connectivity index (χ3n) is 3.77. The number of Topliss-reactive ketones (excluding diaryl/α,β-unsaturated/α-hetero) is 1. The number of carbonyl (C=O) groups excluding carboxylic acids is 2. The third kappa shape index (κ3) is 11.2. The lowest BCUT2D eigenvalue weighted by Crippen LogP contribution is -2.31. The van der Waals surface area contributed by atoms with Crippen LogP contribution in [0.3, 0.4) is 0 Å². The van der Waals surface area contributed by atoms with Crippen molar-refractivity contribution in [3.63, 3.8) is 0 Å². The van der Waals surface area contributed by atoms with E-state index in [1.165, 1.54) is 0 Å². The van der Waals surface area contributed by atoms with Crippen LogP contribution in [0.15, 0.2) is 24.3 Å². The number of ketones is 1. The molecule has 4 nitrogen and oxygen atoms in total. The Labute approximate surface area is 171 Å². The van der Waals surface area contributed by atoms with E-state index in [-0.39, 0.29) is 5.78 Å². The van der Waals surface area contributed by atoms with Crippen molar-refractivity contribution in [3.05, 3.63) is 35.4 Å². The fourth-order valence-corrected chi connectivity index (χ4v) is 2.16. The molecular formula is C24H40O4. The number of rotatable bonds is 6. The van der Waals surface area contributed by atoms with E-state index in [0.29, 0.717) is 24.0 Å². The van der Waals surface area contributed by atoms with Gasteiger partial charge in [-0.3, -0.25) is 4.79 Å². The molecule has 0 saturated heterocycles. The average molecular weight is 393 g/mol. The lowest BCUT2D eigenvalue weighted by molar-refractivity contribution is -0.0197. The minimum Gasteiger partial charge on any atom is -0.456 e. The molecule has 0 unspecified atom stereocenters. The second-order valence-electron chi connectivity index (χ2n) is 10.4. The number of benzene rings is 1. The van der Waals surface area contributed by atoms with Gasteiger partial charge in [-0.15, -0.1) is 0 Å². The summed E-state index contributed by atoms with van der Waals surface area (Å²) in [7, 11) is 0. The quantitative estimate of drug-likeness (QED) is 0.472. The van der Waals surface area contributed by atoms with Gasteiger partial charge in [0.05, 0.1) is 11.2 Å². The molecule has 1 rings (SSSR count). The maximum absolute atomic E-state index is 12.3. The van der Waals surface area contributed by atoms with Crippen LogP contribution in [0.4, 0.5) is 0 Å². The summed E-state index contributed by atoms with van der Waals surface area (Å²) in [5.41, 5.74) is -0.923. The highest BCUT2D eigenvalue weighted by Gasteiger charge is 2.27. The predicted molar refractivity (Wildman–Crippen MR) is 116 cm³/mol. The molecule has 0 bridgehead atoms. The molecule has 0 heterocycles. The van der Waals surface area contributed by atoms with Gasteiger partial charge in [-0.1, -0.05) is 53.7 Å². The van der Waals surface area contributed by atoms with Crippen molar-refractivity contribution >= 4 is 11.8 Å². The molecule has 0 aliphatic rings. The average Bonchev–Trinajstić information content (AvgIpc) is 2.50. The number of aliphatic hydroxyl groups is 1. The summed E-state index contributed by atoms with van der Waals surface area (Å²) < 4.78 is 5.55. The summed E-state index contributed by atoms with van der Waals surface area (Å²) in [6, 6.07) is 6.56. The molecular weight excluding hydrogens is 352 g/mol. The van der Waals surface area contributed by atoms with Gasteiger partial charge in [-0.05, 0) is 58.6 Å². The lowest BCUT2D eigenvalue weighted by Gasteiger charge is -2.28. The lowest BCUT2D eigenvalue weighted by atomic mass is 9.86. The van der Waals surface area contributed by atoms with Gasteiger partial charge < -0.3 is 9.84 Å². The molecule has 160 valence electrons. The molecule has 1 aromatic rings. The van der Waals surface area contributed by atoms with Gasteiger partial charge in [0.15, 0.2) is 5.78 Å². The Hall–Kier alpha value is -1.68. The van der Waals surface area contributed by atoms with Crippen LogP contribution in [0.5, 0.6) is 0 Å². The minimum atomic E-state index is -0.793. The zero-order valence-electron chi connectivity index (χ0n) is 19.5. The molecule has 0 aromatic heterocycles. The van der Waals surface area contributed by atoms with Crippen LogP contribution < -0.4 is 0 Å². The van der Waals surface area contributed by atoms with E-state index in [4.69, 9.17) is 4.74 Å². The fraction of sp³-hybridized carbons (Fsp3) is 0.667. The number of ether oxygens (including phenoxy) is 1. The molecule has 0 aliphatic heterocycles. The number of hydrogen-bond acceptors (Lipinski definition) is 4. The van der Waals surface area contributed by atoms with Crippen molar-refractivity contribution in [2.45, 2.75) is 93.3 Å². The summed E-state index contributed by atoms with van der Waals surface area (Å²) in [6.07, 6.45) is 1.09. The summed E-state index contributed by atoms with van der Waals surface area (Å²) in [4.78, 5) is 24.5. The third-order valence-corrected chi connectivity index (χ3v) is 3.77. The molecule has 0 amide bonds. The summed E-state index contributed by atoms with van der Waals surface area (Å²) in [5.74, 6) is 0.443. The van der Waals surface area contributed by atoms with E-state index < -0.39 is 22.6 Å². The number of esters is 1. The second kappa shape index (κ2) is 10.2. The van der Waals surface area contributed by atoms with E-state index in [2.05, 4.69) is 20.8 Å². The summed E-state index contributed by atoms with van der Waals surface area (Å²) in [5, 5.41) is 9.81. The van der Waals surface area contributed by atoms with Crippen LogP contribution in [0.1, 0.15) is 103 Å². The molecule has 0 saturated carbocycles. The molecule has 1 N–H and O–H groups in total. The first-order valence-electron chi connectivity index (χ1n) is 10.1. The molecule has 28 heavy (non-hydrogen) atoms. The molecule has 0 aliphatic carbocycles. The monoisotopic (exact) mass is 392 g/mol. The predicted octanol–water partition coefficient (Wildman–Crippen LogP) is 6.06. The Morgan fingerprint density at radius 3 is 1.61 bits per heavy atom. The van der Waals surface area contributed by atoms with Crippen molar-refractivity contribution in [2.24, 2.45) is 11.3 Å². The zero-order chi connectivity index (χ0) is 22.3. The smallest absolute Gasteiger partial charge is 0.338 e. The van der Waals surface area contributed by atoms with Crippen molar-refractivity contribution in [1.82, 2.24) is 0 Å². The van der Waals surface area contributed by atoms with Crippen molar-refractivity contribution < 1.29 is 19.4 Å². The molecule has 0 atom stereocenters. The van der Waals surface area contributed by atoms with Crippen LogP contribution in [-0.4, -0.2) is 28.1 Å². The SMILES string of the molecule is CC(C)(O)CCC(C)(C)OC(=O)c1ccc(C(=O)C(C)(C)C)cc1.CC(C)C. The highest BCUT2D eigenvalue weighted by atomic mass is 16.6. The van der Waals surface area contributed by atoms with Crippen LogP contribution in [0, 0.1) is 11.3 Å². The fourth-order valence-electron chi connectivity index (χ4n) is 2.16. The first kappa shape index (κ1) is 26.3. The molecule has 0 spiro atoms. The van der Waals surface area contributed by atoms with Gasteiger partial charge >= 0.3 is 5.97 Å². The maximum Gasteiger partial charge on any atom is 0.338 e. The second-order valence-corrected chi connectivity index (χ2v) is 10.4. The zero-order valence-corrected chi connectivity index (χ0v) is 19.5. The van der Waals surface area contributed by atoms with Crippen LogP contribution in [0.25, 0.3) is 0 Å². The minimum absolute atomic E-state index is 0.0351. The first-order valence-corrected chi connectivity index (χ1v) is 10.1. The van der Waals surface area contributed by atoms with Gasteiger partial charge in [0.25, 0.3) is 0 Å². The Bertz CT molecular complexity index is 623. The summed E-state index contributed by atoms with van der Waals surface area (Å²) in [6.45, 7) is 19.2. The first-order chi connectivity index (χ1) is 12.4. The van der Waals surface area contributed by atoms with Gasteiger partial charge in [0.1, 0.15) is 5.60 Å². The Morgan fingerprint density at radius 2 is 1.25 bits per heavy atom. The number of hydrogen-bond donors (Lipinski definition) is 1. The maximum atomic E-state index is 12.3. The van der Waals surface area contributed by atoms with E-state index >= 15 is 0 Å². The van der Waals surface area contributed by atoms with Gasteiger partial charge in [-0.25, -0.2) is 4.79 Å². The standard InChI is InChI=1S/C20H30O4.C4H10/c1-18(2,3)16(21)14-8-10-15(11-9-14)17(22)24-20(6,7)13-12-19(4,5)23;1-4(2)3/h8-11,23H,12-13H2,1-7H3;4H,1-3H3. The van der Waals surface area contributed by atoms with Crippen LogP contribution in [-0.2, 0) is 4.74 Å². The van der Waals surface area contributed by atoms with Crippen LogP contribution >= 0.6 is 0 Å². The molecule has 0 radical (unpaired) electrons. The normalized spacial score (nSPS) is 12.3. The topological polar surface area (TPSA) is 63.6 Å². The molecule has 4 heteroatoms. The van der Waals surface area contributed by atoms with Crippen LogP contribution in [0.2, 0.25) is 0 Å². The van der Waals surface area contributed by atoms with Gasteiger partial charge in [0.2, 0.25) is 0 Å². The molecule has 0 fully saturated rings. The highest BCUT2D eigenvalue weighted by Crippen LogP contribution is 2.24. The highest BCUT2D eigenvalue weighted by molar-refractivity contribution is 6.00. The van der Waals surface area contributed by atoms with Gasteiger partial charge in [0, 0.05) is 11.0 Å². The van der Waals surface area contributed by atoms with Gasteiger partial charge in [-0.2, -0.15) is 0 Å². The Morgan fingerprint density at radius 1 is 0.857 bits per heavy atom.